The number of carboxylic acid groups (broad SMARTS) is 1. The summed E-state index contributed by atoms with van der Waals surface area (Å²) in [5.41, 5.74) is -0.423. The van der Waals surface area contributed by atoms with Crippen molar-refractivity contribution in [1.82, 2.24) is 5.32 Å². The summed E-state index contributed by atoms with van der Waals surface area (Å²) < 4.78 is 31.7. The van der Waals surface area contributed by atoms with Crippen molar-refractivity contribution >= 4 is 5.97 Å². The van der Waals surface area contributed by atoms with Gasteiger partial charge >= 0.3 is 12.1 Å². The minimum atomic E-state index is -5.08. The first-order valence-corrected chi connectivity index (χ1v) is 5.63. The Kier molecular flexibility index (Phi) is 5.61. The van der Waals surface area contributed by atoms with Crippen molar-refractivity contribution in [3.05, 3.63) is 0 Å². The Hall–Kier alpha value is -0.820. The highest BCUT2D eigenvalue weighted by Gasteiger charge is 2.40. The molecule has 0 unspecified atom stereocenters. The lowest BCUT2D eigenvalue weighted by Crippen LogP contribution is -2.50. The van der Waals surface area contributed by atoms with E-state index in [-0.39, 0.29) is 5.41 Å². The Morgan fingerprint density at radius 2 is 1.50 bits per heavy atom. The summed E-state index contributed by atoms with van der Waals surface area (Å²) in [4.78, 5) is 8.90. The van der Waals surface area contributed by atoms with Gasteiger partial charge in [0.1, 0.15) is 0 Å². The van der Waals surface area contributed by atoms with Crippen LogP contribution in [-0.4, -0.2) is 41.0 Å². The van der Waals surface area contributed by atoms with Gasteiger partial charge in [0.2, 0.25) is 0 Å². The van der Waals surface area contributed by atoms with Crippen LogP contribution in [0.3, 0.4) is 0 Å². The zero-order valence-corrected chi connectivity index (χ0v) is 10.8. The van der Waals surface area contributed by atoms with Gasteiger partial charge in [-0.15, -0.1) is 0 Å². The Labute approximate surface area is 104 Å². The van der Waals surface area contributed by atoms with Crippen molar-refractivity contribution < 1.29 is 28.2 Å². The summed E-state index contributed by atoms with van der Waals surface area (Å²) in [6.45, 7) is 8.23. The number of rotatable bonds is 0. The maximum atomic E-state index is 10.6. The molecule has 0 spiro atoms. The average molecular weight is 271 g/mol. The molecule has 1 saturated heterocycles. The number of carbonyl (C=O) groups is 1. The second kappa shape index (κ2) is 5.88. The molecule has 1 aliphatic heterocycles. The SMILES string of the molecule is CC(C)(C)C1(O)CCNCC1.O=C(O)C(F)(F)F. The van der Waals surface area contributed by atoms with E-state index in [1.807, 2.05) is 0 Å². The molecule has 108 valence electrons. The monoisotopic (exact) mass is 271 g/mol. The molecule has 0 aromatic carbocycles. The van der Waals surface area contributed by atoms with Crippen LogP contribution in [0.2, 0.25) is 0 Å². The summed E-state index contributed by atoms with van der Waals surface area (Å²) in [6.07, 6.45) is -3.31. The molecule has 1 fully saturated rings. The van der Waals surface area contributed by atoms with Gasteiger partial charge in [0.05, 0.1) is 5.60 Å². The maximum Gasteiger partial charge on any atom is 0.490 e. The number of aliphatic carboxylic acids is 1. The highest BCUT2D eigenvalue weighted by atomic mass is 19.4. The fraction of sp³-hybridized carbons (Fsp3) is 0.909. The van der Waals surface area contributed by atoms with Crippen molar-refractivity contribution in [3.8, 4) is 0 Å². The molecule has 1 rings (SSSR count). The number of hydrogen-bond donors (Lipinski definition) is 3. The van der Waals surface area contributed by atoms with Crippen LogP contribution in [0.5, 0.6) is 0 Å². The molecule has 0 aliphatic carbocycles. The minimum Gasteiger partial charge on any atom is -0.475 e. The Morgan fingerprint density at radius 1 is 1.17 bits per heavy atom. The summed E-state index contributed by atoms with van der Waals surface area (Å²) >= 11 is 0. The van der Waals surface area contributed by atoms with Crippen LogP contribution in [0, 0.1) is 5.41 Å². The van der Waals surface area contributed by atoms with E-state index >= 15 is 0 Å². The van der Waals surface area contributed by atoms with E-state index in [0.29, 0.717) is 0 Å². The van der Waals surface area contributed by atoms with Gasteiger partial charge in [-0.25, -0.2) is 4.79 Å². The van der Waals surface area contributed by atoms with E-state index in [4.69, 9.17) is 9.90 Å². The second-order valence-corrected chi connectivity index (χ2v) is 5.33. The molecule has 1 heterocycles. The van der Waals surface area contributed by atoms with Crippen molar-refractivity contribution in [1.29, 1.82) is 0 Å². The number of halogens is 3. The first kappa shape index (κ1) is 17.2. The lowest BCUT2D eigenvalue weighted by molar-refractivity contribution is -0.192. The molecule has 0 atom stereocenters. The number of alkyl halides is 3. The van der Waals surface area contributed by atoms with Crippen LogP contribution in [-0.2, 0) is 4.79 Å². The van der Waals surface area contributed by atoms with E-state index in [2.05, 4.69) is 26.1 Å². The molecule has 0 radical (unpaired) electrons. The third kappa shape index (κ3) is 5.22. The van der Waals surface area contributed by atoms with Gasteiger partial charge in [-0.1, -0.05) is 20.8 Å². The highest BCUT2D eigenvalue weighted by Crippen LogP contribution is 2.36. The quantitative estimate of drug-likeness (QED) is 0.628. The van der Waals surface area contributed by atoms with Gasteiger partial charge in [-0.3, -0.25) is 0 Å². The van der Waals surface area contributed by atoms with Crippen LogP contribution in [0.4, 0.5) is 13.2 Å². The smallest absolute Gasteiger partial charge is 0.475 e. The normalized spacial score (nSPS) is 19.7. The molecule has 0 aromatic rings. The van der Waals surface area contributed by atoms with Crippen molar-refractivity contribution in [2.45, 2.75) is 45.4 Å². The van der Waals surface area contributed by atoms with E-state index in [1.165, 1.54) is 0 Å². The molecule has 0 bridgehead atoms. The predicted octanol–water partition coefficient (Wildman–Crippen LogP) is 1.78. The summed E-state index contributed by atoms with van der Waals surface area (Å²) in [5.74, 6) is -2.76. The molecule has 7 heteroatoms. The van der Waals surface area contributed by atoms with Crippen LogP contribution in [0.15, 0.2) is 0 Å². The van der Waals surface area contributed by atoms with Gasteiger partial charge in [-0.2, -0.15) is 13.2 Å². The largest absolute Gasteiger partial charge is 0.490 e. The first-order valence-electron chi connectivity index (χ1n) is 5.63. The number of nitrogens with one attached hydrogen (secondary N) is 1. The van der Waals surface area contributed by atoms with E-state index in [0.717, 1.165) is 25.9 Å². The average Bonchev–Trinajstić information content (AvgIpc) is 2.16. The molecule has 3 N–H and O–H groups in total. The molecular formula is C11H20F3NO3. The molecule has 0 aromatic heterocycles. The zero-order valence-electron chi connectivity index (χ0n) is 10.8. The second-order valence-electron chi connectivity index (χ2n) is 5.33. The van der Waals surface area contributed by atoms with Crippen molar-refractivity contribution in [3.63, 3.8) is 0 Å². The number of aliphatic hydroxyl groups is 1. The van der Waals surface area contributed by atoms with Gasteiger partial charge in [0, 0.05) is 0 Å². The summed E-state index contributed by atoms with van der Waals surface area (Å²) in [6, 6.07) is 0. The van der Waals surface area contributed by atoms with E-state index in [9.17, 15) is 18.3 Å². The van der Waals surface area contributed by atoms with Gasteiger partial charge in [0.15, 0.2) is 0 Å². The fourth-order valence-corrected chi connectivity index (χ4v) is 1.59. The van der Waals surface area contributed by atoms with Crippen LogP contribution < -0.4 is 5.32 Å². The van der Waals surface area contributed by atoms with Crippen molar-refractivity contribution in [2.75, 3.05) is 13.1 Å². The number of piperidine rings is 1. The lowest BCUT2D eigenvalue weighted by atomic mass is 9.71. The Balaban J connectivity index is 0.000000360. The van der Waals surface area contributed by atoms with Crippen LogP contribution in [0.25, 0.3) is 0 Å². The third-order valence-corrected chi connectivity index (χ3v) is 3.07. The van der Waals surface area contributed by atoms with Crippen molar-refractivity contribution in [2.24, 2.45) is 5.41 Å². The number of carboxylic acids is 1. The highest BCUT2D eigenvalue weighted by molar-refractivity contribution is 5.73. The van der Waals surface area contributed by atoms with Crippen LogP contribution in [0.1, 0.15) is 33.6 Å². The molecule has 0 saturated carbocycles. The lowest BCUT2D eigenvalue weighted by Gasteiger charge is -2.43. The van der Waals surface area contributed by atoms with E-state index < -0.39 is 17.7 Å². The van der Waals surface area contributed by atoms with Gasteiger partial charge in [0.25, 0.3) is 0 Å². The molecule has 18 heavy (non-hydrogen) atoms. The van der Waals surface area contributed by atoms with Gasteiger partial charge < -0.3 is 15.5 Å². The first-order chi connectivity index (χ1) is 7.90. The standard InChI is InChI=1S/C9H19NO.C2HF3O2/c1-8(2,3)9(11)4-6-10-7-5-9;3-2(4,5)1(6)7/h10-11H,4-7H2,1-3H3;(H,6,7). The molecular weight excluding hydrogens is 251 g/mol. The fourth-order valence-electron chi connectivity index (χ4n) is 1.59. The molecule has 4 nitrogen and oxygen atoms in total. The molecule has 1 aliphatic rings. The third-order valence-electron chi connectivity index (χ3n) is 3.07. The van der Waals surface area contributed by atoms with E-state index in [1.54, 1.807) is 0 Å². The van der Waals surface area contributed by atoms with Crippen LogP contribution >= 0.6 is 0 Å². The molecule has 0 amide bonds. The predicted molar refractivity (Wildman–Crippen MR) is 60.2 cm³/mol. The number of hydrogen-bond acceptors (Lipinski definition) is 3. The minimum absolute atomic E-state index is 0.0229. The Morgan fingerprint density at radius 3 is 1.67 bits per heavy atom. The maximum absolute atomic E-state index is 10.6. The van der Waals surface area contributed by atoms with Gasteiger partial charge in [-0.05, 0) is 31.3 Å². The topological polar surface area (TPSA) is 69.6 Å². The summed E-state index contributed by atoms with van der Waals surface area (Å²) in [7, 11) is 0. The zero-order chi connectivity index (χ0) is 14.6. The Bertz CT molecular complexity index is 278. The summed E-state index contributed by atoms with van der Waals surface area (Å²) in [5, 5.41) is 20.5.